The minimum Gasteiger partial charge on any atom is -0.486 e. The van der Waals surface area contributed by atoms with Crippen LogP contribution in [0, 0.1) is 0 Å². The van der Waals surface area contributed by atoms with Gasteiger partial charge in [0, 0.05) is 31.5 Å². The summed E-state index contributed by atoms with van der Waals surface area (Å²) in [5, 5.41) is 3.02. The monoisotopic (exact) mass is 344 g/mol. The third-order valence-corrected chi connectivity index (χ3v) is 4.07. The van der Waals surface area contributed by atoms with E-state index in [9.17, 15) is 4.79 Å². The molecule has 7 heteroatoms. The lowest BCUT2D eigenvalue weighted by Gasteiger charge is -2.31. The van der Waals surface area contributed by atoms with Gasteiger partial charge in [0.05, 0.1) is 12.9 Å². The number of hydrogen-bond acceptors (Lipinski definition) is 4. The number of benzene rings is 1. The van der Waals surface area contributed by atoms with Gasteiger partial charge in [-0.3, -0.25) is 0 Å². The Morgan fingerprint density at radius 2 is 2.24 bits per heavy atom. The number of rotatable bonds is 6. The number of carbonyl (C=O) groups excluding carboxylic acids is 1. The molecule has 0 radical (unpaired) electrons. The van der Waals surface area contributed by atoms with Gasteiger partial charge in [-0.1, -0.05) is 12.1 Å². The van der Waals surface area contributed by atoms with E-state index in [4.69, 9.17) is 9.47 Å². The number of imidazole rings is 1. The number of carbonyl (C=O) groups is 1. The van der Waals surface area contributed by atoms with Gasteiger partial charge < -0.3 is 24.3 Å². The molecule has 134 valence electrons. The fraction of sp³-hybridized carbons (Fsp3) is 0.444. The lowest BCUT2D eigenvalue weighted by Crippen LogP contribution is -2.49. The first-order valence-electron chi connectivity index (χ1n) is 8.55. The number of hydrogen-bond donors (Lipinski definition) is 1. The van der Waals surface area contributed by atoms with Gasteiger partial charge in [0.2, 0.25) is 0 Å². The summed E-state index contributed by atoms with van der Waals surface area (Å²) in [5.41, 5.74) is 0. The maximum Gasteiger partial charge on any atom is 0.317 e. The number of fused-ring (bicyclic) bond motifs is 1. The molecule has 1 N–H and O–H groups in total. The lowest BCUT2D eigenvalue weighted by atomic mass is 10.2. The molecule has 2 aromatic rings. The van der Waals surface area contributed by atoms with E-state index in [2.05, 4.69) is 10.3 Å². The standard InChI is InChI=1S/C18H24N4O3/c1-3-22(18(23)20-14(2)10-21-9-8-19-13-21)11-15-12-24-16-6-4-5-7-17(16)25-15/h4-9,13-15H,3,10-12H2,1-2H3,(H,20,23)/t14-,15+/m0/s1. The van der Waals surface area contributed by atoms with Crippen LogP contribution < -0.4 is 14.8 Å². The topological polar surface area (TPSA) is 68.6 Å². The maximum atomic E-state index is 12.5. The van der Waals surface area contributed by atoms with Crippen LogP contribution in [0.3, 0.4) is 0 Å². The first-order chi connectivity index (χ1) is 12.2. The molecule has 3 rings (SSSR count). The van der Waals surface area contributed by atoms with Crippen LogP contribution in [0.15, 0.2) is 43.0 Å². The summed E-state index contributed by atoms with van der Waals surface area (Å²) < 4.78 is 13.6. The predicted octanol–water partition coefficient (Wildman–Crippen LogP) is 2.14. The summed E-state index contributed by atoms with van der Waals surface area (Å²) >= 11 is 0. The molecule has 0 saturated heterocycles. The summed E-state index contributed by atoms with van der Waals surface area (Å²) in [6.07, 6.45) is 5.17. The van der Waals surface area contributed by atoms with E-state index in [0.717, 1.165) is 11.5 Å². The second-order valence-electron chi connectivity index (χ2n) is 6.15. The molecule has 25 heavy (non-hydrogen) atoms. The number of likely N-dealkylation sites (N-methyl/N-ethyl adjacent to an activating group) is 1. The van der Waals surface area contributed by atoms with Crippen LogP contribution in [0.4, 0.5) is 4.79 Å². The van der Waals surface area contributed by atoms with E-state index in [1.54, 1.807) is 17.4 Å². The number of nitrogens with zero attached hydrogens (tertiary/aromatic N) is 3. The molecule has 0 saturated carbocycles. The van der Waals surface area contributed by atoms with Crippen molar-refractivity contribution in [2.75, 3.05) is 19.7 Å². The zero-order valence-corrected chi connectivity index (χ0v) is 14.6. The average Bonchev–Trinajstić information content (AvgIpc) is 3.12. The van der Waals surface area contributed by atoms with Gasteiger partial charge in [-0.2, -0.15) is 0 Å². The molecule has 2 atom stereocenters. The van der Waals surface area contributed by atoms with Crippen molar-refractivity contribution in [1.82, 2.24) is 19.8 Å². The molecule has 0 aliphatic carbocycles. The van der Waals surface area contributed by atoms with Gasteiger partial charge in [0.25, 0.3) is 0 Å². The van der Waals surface area contributed by atoms with Crippen molar-refractivity contribution < 1.29 is 14.3 Å². The highest BCUT2D eigenvalue weighted by molar-refractivity contribution is 5.74. The Hall–Kier alpha value is -2.70. The number of amides is 2. The van der Waals surface area contributed by atoms with Gasteiger partial charge in [0.1, 0.15) is 6.61 Å². The third-order valence-electron chi connectivity index (χ3n) is 4.07. The van der Waals surface area contributed by atoms with Gasteiger partial charge in [-0.15, -0.1) is 0 Å². The summed E-state index contributed by atoms with van der Waals surface area (Å²) in [4.78, 5) is 18.3. The zero-order chi connectivity index (χ0) is 17.6. The largest absolute Gasteiger partial charge is 0.486 e. The molecule has 7 nitrogen and oxygen atoms in total. The van der Waals surface area contributed by atoms with Crippen LogP contribution in [0.1, 0.15) is 13.8 Å². The minimum absolute atomic E-state index is 0.000000169. The van der Waals surface area contributed by atoms with Gasteiger partial charge in [-0.25, -0.2) is 9.78 Å². The zero-order valence-electron chi connectivity index (χ0n) is 14.6. The van der Waals surface area contributed by atoms with Crippen molar-refractivity contribution in [2.24, 2.45) is 0 Å². The number of aromatic nitrogens is 2. The third kappa shape index (κ3) is 4.43. The Morgan fingerprint density at radius 3 is 2.96 bits per heavy atom. The molecule has 2 heterocycles. The van der Waals surface area contributed by atoms with E-state index >= 15 is 0 Å². The fourth-order valence-corrected chi connectivity index (χ4v) is 2.81. The molecule has 1 aromatic heterocycles. The number of para-hydroxylation sites is 2. The molecular weight excluding hydrogens is 320 g/mol. The molecule has 1 aliphatic rings. The Labute approximate surface area is 147 Å². The molecule has 0 bridgehead atoms. The summed E-state index contributed by atoms with van der Waals surface area (Å²) in [6.45, 7) is 6.13. The lowest BCUT2D eigenvalue weighted by molar-refractivity contribution is 0.0671. The van der Waals surface area contributed by atoms with Crippen molar-refractivity contribution in [2.45, 2.75) is 32.5 Å². The number of urea groups is 1. The van der Waals surface area contributed by atoms with Gasteiger partial charge in [0.15, 0.2) is 17.6 Å². The minimum atomic E-state index is -0.176. The van der Waals surface area contributed by atoms with Crippen LogP contribution in [0.25, 0.3) is 0 Å². The Kier molecular flexibility index (Phi) is 5.42. The molecule has 1 aromatic carbocycles. The van der Waals surface area contributed by atoms with E-state index < -0.39 is 0 Å². The Bertz CT molecular complexity index is 689. The summed E-state index contributed by atoms with van der Waals surface area (Å²) in [7, 11) is 0. The Balaban J connectivity index is 1.52. The molecular formula is C18H24N4O3. The summed E-state index contributed by atoms with van der Waals surface area (Å²) in [6, 6.07) is 7.49. The van der Waals surface area contributed by atoms with Crippen molar-refractivity contribution in [3.8, 4) is 11.5 Å². The second-order valence-corrected chi connectivity index (χ2v) is 6.15. The maximum absolute atomic E-state index is 12.5. The van der Waals surface area contributed by atoms with E-state index in [1.165, 1.54) is 0 Å². The smallest absolute Gasteiger partial charge is 0.317 e. The predicted molar refractivity (Wildman–Crippen MR) is 93.8 cm³/mol. The van der Waals surface area contributed by atoms with Gasteiger partial charge in [-0.05, 0) is 26.0 Å². The first-order valence-corrected chi connectivity index (χ1v) is 8.55. The average molecular weight is 344 g/mol. The van der Waals surface area contributed by atoms with Crippen molar-refractivity contribution in [3.05, 3.63) is 43.0 Å². The van der Waals surface area contributed by atoms with Crippen LogP contribution in [-0.4, -0.2) is 52.3 Å². The second kappa shape index (κ2) is 7.92. The fourth-order valence-electron chi connectivity index (χ4n) is 2.81. The number of ether oxygens (including phenoxy) is 2. The SMILES string of the molecule is CCN(C[C@@H]1COc2ccccc2O1)C(=O)N[C@@H](C)Cn1ccnc1. The number of nitrogens with one attached hydrogen (secondary N) is 1. The quantitative estimate of drug-likeness (QED) is 0.872. The molecule has 2 amide bonds. The van der Waals surface area contributed by atoms with Gasteiger partial charge >= 0.3 is 6.03 Å². The van der Waals surface area contributed by atoms with E-state index in [-0.39, 0.29) is 18.2 Å². The van der Waals surface area contributed by atoms with Crippen LogP contribution in [0.5, 0.6) is 11.5 Å². The van der Waals surface area contributed by atoms with Crippen LogP contribution in [0.2, 0.25) is 0 Å². The van der Waals surface area contributed by atoms with Crippen LogP contribution >= 0.6 is 0 Å². The van der Waals surface area contributed by atoms with E-state index in [0.29, 0.717) is 26.2 Å². The van der Waals surface area contributed by atoms with E-state index in [1.807, 2.05) is 48.9 Å². The molecule has 0 unspecified atom stereocenters. The highest BCUT2D eigenvalue weighted by atomic mass is 16.6. The Morgan fingerprint density at radius 1 is 1.44 bits per heavy atom. The highest BCUT2D eigenvalue weighted by Gasteiger charge is 2.25. The molecule has 1 aliphatic heterocycles. The van der Waals surface area contributed by atoms with Crippen molar-refractivity contribution in [3.63, 3.8) is 0 Å². The normalized spacial score (nSPS) is 17.0. The van der Waals surface area contributed by atoms with Crippen LogP contribution in [-0.2, 0) is 6.54 Å². The molecule has 0 fully saturated rings. The van der Waals surface area contributed by atoms with Crippen molar-refractivity contribution in [1.29, 1.82) is 0 Å². The molecule has 0 spiro atoms. The highest BCUT2D eigenvalue weighted by Crippen LogP contribution is 2.30. The van der Waals surface area contributed by atoms with Crippen molar-refractivity contribution >= 4 is 6.03 Å². The first kappa shape index (κ1) is 17.1. The summed E-state index contributed by atoms with van der Waals surface area (Å²) in [5.74, 6) is 1.48.